The van der Waals surface area contributed by atoms with Crippen LogP contribution in [0.1, 0.15) is 44.0 Å². The summed E-state index contributed by atoms with van der Waals surface area (Å²) in [5, 5.41) is 13.1. The van der Waals surface area contributed by atoms with E-state index in [0.717, 1.165) is 23.3 Å². The summed E-state index contributed by atoms with van der Waals surface area (Å²) >= 11 is 0. The maximum absolute atomic E-state index is 14.0. The molecule has 1 aliphatic carbocycles. The summed E-state index contributed by atoms with van der Waals surface area (Å²) in [4.78, 5) is 25.6. The van der Waals surface area contributed by atoms with Crippen molar-refractivity contribution in [3.8, 4) is 5.75 Å². The Morgan fingerprint density at radius 2 is 1.91 bits per heavy atom. The second-order valence-electron chi connectivity index (χ2n) is 9.33. The van der Waals surface area contributed by atoms with E-state index < -0.39 is 11.6 Å². The summed E-state index contributed by atoms with van der Waals surface area (Å²) < 4.78 is 33.0. The molecule has 0 bridgehead atoms. The molecule has 2 N–H and O–H groups in total. The summed E-state index contributed by atoms with van der Waals surface area (Å²) in [6.45, 7) is 3.94. The van der Waals surface area contributed by atoms with Crippen LogP contribution in [0.25, 0.3) is 0 Å². The van der Waals surface area contributed by atoms with Crippen molar-refractivity contribution in [2.75, 3.05) is 29.9 Å². The molecule has 2 aromatic rings. The molecule has 10 heteroatoms. The predicted molar refractivity (Wildman–Crippen MR) is 122 cm³/mol. The number of carbonyl (C=O) groups excluding carboxylic acids is 1. The van der Waals surface area contributed by atoms with Crippen molar-refractivity contribution in [2.45, 2.75) is 63.8 Å². The van der Waals surface area contributed by atoms with Gasteiger partial charge in [-0.2, -0.15) is 0 Å². The van der Waals surface area contributed by atoms with Crippen molar-refractivity contribution in [2.24, 2.45) is 0 Å². The number of anilines is 2. The van der Waals surface area contributed by atoms with Gasteiger partial charge < -0.3 is 25.0 Å². The number of aliphatic hydroxyl groups excluding tert-OH is 1. The Labute approximate surface area is 196 Å². The molecular formula is C24H29F2N5O3. The Hall–Kier alpha value is -3.01. The SMILES string of the molecule is CC(=O)N1CCc2nc(N3CCC(Oc4ccc(F)cc4F)CC3)c(N[C@H]3C[C@@H](O)C3)nc2C1. The van der Waals surface area contributed by atoms with Crippen LogP contribution in [0.4, 0.5) is 20.4 Å². The molecule has 34 heavy (non-hydrogen) atoms. The van der Waals surface area contributed by atoms with Gasteiger partial charge in [0.25, 0.3) is 0 Å². The number of nitrogens with zero attached hydrogens (tertiary/aromatic N) is 4. The largest absolute Gasteiger partial charge is 0.487 e. The van der Waals surface area contributed by atoms with E-state index in [0.29, 0.717) is 64.1 Å². The molecule has 1 aromatic heterocycles. The fourth-order valence-corrected chi connectivity index (χ4v) is 4.74. The topological polar surface area (TPSA) is 90.8 Å². The number of hydrogen-bond acceptors (Lipinski definition) is 7. The number of aromatic nitrogens is 2. The zero-order chi connectivity index (χ0) is 23.8. The highest BCUT2D eigenvalue weighted by atomic mass is 19.1. The zero-order valence-electron chi connectivity index (χ0n) is 19.1. The van der Waals surface area contributed by atoms with Gasteiger partial charge in [0.15, 0.2) is 23.2 Å². The second-order valence-corrected chi connectivity index (χ2v) is 9.33. The zero-order valence-corrected chi connectivity index (χ0v) is 19.1. The van der Waals surface area contributed by atoms with Gasteiger partial charge in [0, 0.05) is 57.9 Å². The Bertz CT molecular complexity index is 1070. The van der Waals surface area contributed by atoms with Crippen LogP contribution in [0.5, 0.6) is 5.75 Å². The quantitative estimate of drug-likeness (QED) is 0.690. The highest BCUT2D eigenvalue weighted by Crippen LogP contribution is 2.33. The summed E-state index contributed by atoms with van der Waals surface area (Å²) in [5.74, 6) is 0.197. The average molecular weight is 474 g/mol. The van der Waals surface area contributed by atoms with Crippen LogP contribution in [0, 0.1) is 11.6 Å². The van der Waals surface area contributed by atoms with E-state index in [4.69, 9.17) is 14.7 Å². The number of rotatable bonds is 5. The molecule has 2 aliphatic heterocycles. The molecule has 3 aliphatic rings. The van der Waals surface area contributed by atoms with Crippen molar-refractivity contribution in [1.29, 1.82) is 0 Å². The fourth-order valence-electron chi connectivity index (χ4n) is 4.74. The first-order valence-corrected chi connectivity index (χ1v) is 11.8. The monoisotopic (exact) mass is 473 g/mol. The average Bonchev–Trinajstić information content (AvgIpc) is 2.79. The van der Waals surface area contributed by atoms with E-state index in [1.807, 2.05) is 0 Å². The molecule has 0 spiro atoms. The van der Waals surface area contributed by atoms with E-state index in [9.17, 15) is 18.7 Å². The lowest BCUT2D eigenvalue weighted by Crippen LogP contribution is -2.42. The van der Waals surface area contributed by atoms with Gasteiger partial charge in [0.1, 0.15) is 11.9 Å². The van der Waals surface area contributed by atoms with Crippen LogP contribution in [0.3, 0.4) is 0 Å². The van der Waals surface area contributed by atoms with Gasteiger partial charge in [-0.05, 0) is 25.0 Å². The van der Waals surface area contributed by atoms with Gasteiger partial charge in [-0.25, -0.2) is 18.7 Å². The number of piperidine rings is 1. The molecule has 1 saturated heterocycles. The lowest BCUT2D eigenvalue weighted by Gasteiger charge is -2.37. The van der Waals surface area contributed by atoms with E-state index in [1.165, 1.54) is 12.1 Å². The van der Waals surface area contributed by atoms with Crippen LogP contribution in [0.2, 0.25) is 0 Å². The van der Waals surface area contributed by atoms with E-state index in [2.05, 4.69) is 10.2 Å². The molecule has 0 atom stereocenters. The normalized spacial score (nSPS) is 22.7. The molecule has 0 unspecified atom stereocenters. The van der Waals surface area contributed by atoms with Gasteiger partial charge in [0.05, 0.1) is 24.0 Å². The van der Waals surface area contributed by atoms with Crippen LogP contribution in [-0.2, 0) is 17.8 Å². The van der Waals surface area contributed by atoms with E-state index in [-0.39, 0.29) is 29.9 Å². The molecule has 1 aromatic carbocycles. The number of hydrogen-bond donors (Lipinski definition) is 2. The Morgan fingerprint density at radius 3 is 2.59 bits per heavy atom. The lowest BCUT2D eigenvalue weighted by molar-refractivity contribution is -0.129. The highest BCUT2D eigenvalue weighted by Gasteiger charge is 2.32. The van der Waals surface area contributed by atoms with Gasteiger partial charge in [-0.1, -0.05) is 0 Å². The minimum Gasteiger partial charge on any atom is -0.487 e. The standard InChI is InChI=1S/C24H29F2N5O3/c1-14(32)31-9-6-20-21(13-31)28-23(27-16-11-17(33)12-16)24(29-20)30-7-4-18(5-8-30)34-22-3-2-15(25)10-19(22)26/h2-3,10,16-18,33H,4-9,11-13H2,1H3,(H,27,28)/t16-,17+. The smallest absolute Gasteiger partial charge is 0.219 e. The molecule has 0 radical (unpaired) electrons. The fraction of sp³-hybridized carbons (Fsp3) is 0.542. The Morgan fingerprint density at radius 1 is 1.15 bits per heavy atom. The van der Waals surface area contributed by atoms with Crippen molar-refractivity contribution in [3.63, 3.8) is 0 Å². The number of amides is 1. The van der Waals surface area contributed by atoms with Crippen molar-refractivity contribution < 1.29 is 23.4 Å². The number of aliphatic hydroxyl groups is 1. The first kappa shape index (κ1) is 22.8. The van der Waals surface area contributed by atoms with Crippen LogP contribution in [0.15, 0.2) is 18.2 Å². The summed E-state index contributed by atoms with van der Waals surface area (Å²) in [5.41, 5.74) is 1.70. The van der Waals surface area contributed by atoms with Crippen molar-refractivity contribution in [1.82, 2.24) is 14.9 Å². The Kier molecular flexibility index (Phi) is 6.24. The maximum atomic E-state index is 14.0. The third-order valence-electron chi connectivity index (χ3n) is 6.82. The van der Waals surface area contributed by atoms with E-state index >= 15 is 0 Å². The molecule has 1 saturated carbocycles. The molecular weight excluding hydrogens is 444 g/mol. The van der Waals surface area contributed by atoms with Gasteiger partial charge >= 0.3 is 0 Å². The second kappa shape index (κ2) is 9.32. The number of carbonyl (C=O) groups is 1. The van der Waals surface area contributed by atoms with Crippen LogP contribution < -0.4 is 15.0 Å². The number of benzene rings is 1. The number of ether oxygens (including phenoxy) is 1. The molecule has 2 fully saturated rings. The van der Waals surface area contributed by atoms with Gasteiger partial charge in [-0.15, -0.1) is 0 Å². The third-order valence-corrected chi connectivity index (χ3v) is 6.82. The highest BCUT2D eigenvalue weighted by molar-refractivity contribution is 5.73. The summed E-state index contributed by atoms with van der Waals surface area (Å²) in [6.07, 6.45) is 2.84. The molecule has 8 nitrogen and oxygen atoms in total. The Balaban J connectivity index is 1.31. The molecule has 1 amide bonds. The first-order valence-electron chi connectivity index (χ1n) is 11.8. The first-order chi connectivity index (χ1) is 16.4. The molecule has 3 heterocycles. The third kappa shape index (κ3) is 4.77. The van der Waals surface area contributed by atoms with Gasteiger partial charge in [-0.3, -0.25) is 4.79 Å². The number of halogens is 2. The minimum atomic E-state index is -0.697. The van der Waals surface area contributed by atoms with Crippen molar-refractivity contribution in [3.05, 3.63) is 41.2 Å². The molecule has 182 valence electrons. The number of fused-ring (bicyclic) bond motifs is 1. The summed E-state index contributed by atoms with van der Waals surface area (Å²) in [7, 11) is 0. The van der Waals surface area contributed by atoms with Crippen molar-refractivity contribution >= 4 is 17.5 Å². The predicted octanol–water partition coefficient (Wildman–Crippen LogP) is 2.64. The van der Waals surface area contributed by atoms with Gasteiger partial charge in [0.2, 0.25) is 5.91 Å². The minimum absolute atomic E-state index is 0.0211. The number of nitrogens with one attached hydrogen (secondary N) is 1. The lowest BCUT2D eigenvalue weighted by atomic mass is 9.89. The van der Waals surface area contributed by atoms with E-state index in [1.54, 1.807) is 11.8 Å². The van der Waals surface area contributed by atoms with Crippen LogP contribution in [-0.4, -0.2) is 63.8 Å². The van der Waals surface area contributed by atoms with Crippen LogP contribution >= 0.6 is 0 Å². The maximum Gasteiger partial charge on any atom is 0.219 e. The summed E-state index contributed by atoms with van der Waals surface area (Å²) in [6, 6.07) is 3.48. The molecule has 5 rings (SSSR count).